The number of alkyl halides is 3. The summed E-state index contributed by atoms with van der Waals surface area (Å²) in [5.41, 5.74) is 4.85. The highest BCUT2D eigenvalue weighted by Crippen LogP contribution is 2.37. The highest BCUT2D eigenvalue weighted by atomic mass is 35.5. The molecule has 3 aromatic rings. The zero-order valence-corrected chi connectivity index (χ0v) is 18.1. The number of benzene rings is 2. The van der Waals surface area contributed by atoms with Gasteiger partial charge >= 0.3 is 6.18 Å². The Kier molecular flexibility index (Phi) is 6.82. The molecule has 0 saturated heterocycles. The molecule has 3 rings (SSSR count). The summed E-state index contributed by atoms with van der Waals surface area (Å²) in [6.45, 7) is 1.18. The zero-order valence-electron chi connectivity index (χ0n) is 17.4. The summed E-state index contributed by atoms with van der Waals surface area (Å²) in [6, 6.07) is 8.66. The number of anilines is 1. The van der Waals surface area contributed by atoms with Crippen molar-refractivity contribution < 1.29 is 32.2 Å². The van der Waals surface area contributed by atoms with Gasteiger partial charge in [0, 0.05) is 11.6 Å². The molecule has 0 unspecified atom stereocenters. The Hall–Kier alpha value is -3.73. The number of primary amides is 1. The Morgan fingerprint density at radius 1 is 1.21 bits per heavy atom. The number of halogens is 4. The maximum atomic E-state index is 13.1. The predicted molar refractivity (Wildman–Crippen MR) is 114 cm³/mol. The van der Waals surface area contributed by atoms with Gasteiger partial charge in [-0.25, -0.2) is 4.68 Å². The lowest BCUT2D eigenvalue weighted by atomic mass is 10.2. The predicted octanol–water partition coefficient (Wildman–Crippen LogP) is 3.98. The van der Waals surface area contributed by atoms with Gasteiger partial charge in [0.15, 0.2) is 18.1 Å². The molecular weight excluding hydrogens is 465 g/mol. The molecule has 33 heavy (non-hydrogen) atoms. The van der Waals surface area contributed by atoms with E-state index in [2.05, 4.69) is 10.4 Å². The van der Waals surface area contributed by atoms with Crippen molar-refractivity contribution >= 4 is 29.2 Å². The van der Waals surface area contributed by atoms with Gasteiger partial charge in [0.05, 0.1) is 29.1 Å². The first-order valence-electron chi connectivity index (χ1n) is 9.34. The number of aryl methyl sites for hydroxylation is 1. The van der Waals surface area contributed by atoms with Crippen LogP contribution in [-0.4, -0.2) is 35.3 Å². The first-order chi connectivity index (χ1) is 15.5. The molecule has 8 nitrogen and oxygen atoms in total. The molecule has 0 bridgehead atoms. The van der Waals surface area contributed by atoms with Gasteiger partial charge in [-0.15, -0.1) is 0 Å². The largest absolute Gasteiger partial charge is 0.493 e. The Morgan fingerprint density at radius 3 is 2.58 bits per heavy atom. The summed E-state index contributed by atoms with van der Waals surface area (Å²) in [4.78, 5) is 23.8. The fourth-order valence-corrected chi connectivity index (χ4v) is 3.19. The zero-order chi connectivity index (χ0) is 24.3. The minimum atomic E-state index is -4.53. The van der Waals surface area contributed by atoms with Gasteiger partial charge in [-0.1, -0.05) is 17.7 Å². The van der Waals surface area contributed by atoms with Crippen molar-refractivity contribution in [3.05, 3.63) is 64.3 Å². The highest BCUT2D eigenvalue weighted by Gasteiger charge is 2.30. The third-order valence-corrected chi connectivity index (χ3v) is 4.62. The van der Waals surface area contributed by atoms with Gasteiger partial charge in [-0.2, -0.15) is 18.3 Å². The van der Waals surface area contributed by atoms with E-state index in [1.54, 1.807) is 6.92 Å². The highest BCUT2D eigenvalue weighted by molar-refractivity contribution is 6.32. The smallest absolute Gasteiger partial charge is 0.416 e. The van der Waals surface area contributed by atoms with Crippen molar-refractivity contribution in [3.63, 3.8) is 0 Å². The van der Waals surface area contributed by atoms with Crippen LogP contribution in [0.5, 0.6) is 11.5 Å². The lowest BCUT2D eigenvalue weighted by Gasteiger charge is -2.14. The molecule has 1 heterocycles. The number of hydrogen-bond acceptors (Lipinski definition) is 5. The average Bonchev–Trinajstić information content (AvgIpc) is 3.11. The average molecular weight is 483 g/mol. The topological polar surface area (TPSA) is 108 Å². The van der Waals surface area contributed by atoms with E-state index in [0.717, 1.165) is 12.1 Å². The molecule has 3 N–H and O–H groups in total. The number of carbonyl (C=O) groups excluding carboxylic acids is 2. The van der Waals surface area contributed by atoms with E-state index < -0.39 is 30.2 Å². The van der Waals surface area contributed by atoms with Gasteiger partial charge in [-0.05, 0) is 37.3 Å². The van der Waals surface area contributed by atoms with Crippen LogP contribution in [0.15, 0.2) is 42.5 Å². The quantitative estimate of drug-likeness (QED) is 0.529. The molecular formula is C21H18ClF3N4O4. The first kappa shape index (κ1) is 23.9. The Balaban J connectivity index is 1.92. The monoisotopic (exact) mass is 482 g/mol. The summed E-state index contributed by atoms with van der Waals surface area (Å²) in [5.74, 6) is -1.12. The van der Waals surface area contributed by atoms with E-state index in [9.17, 15) is 22.8 Å². The first-order valence-corrected chi connectivity index (χ1v) is 9.71. The van der Waals surface area contributed by atoms with Gasteiger partial charge in [0.1, 0.15) is 5.82 Å². The molecule has 0 atom stereocenters. The molecule has 0 radical (unpaired) electrons. The van der Waals surface area contributed by atoms with Gasteiger partial charge in [0.25, 0.3) is 11.8 Å². The van der Waals surface area contributed by atoms with E-state index in [1.165, 1.54) is 42.1 Å². The Bertz CT molecular complexity index is 1210. The van der Waals surface area contributed by atoms with Crippen LogP contribution in [0.2, 0.25) is 5.02 Å². The summed E-state index contributed by atoms with van der Waals surface area (Å²) in [6.07, 6.45) is -4.53. The van der Waals surface area contributed by atoms with Crippen molar-refractivity contribution in [2.75, 3.05) is 19.0 Å². The lowest BCUT2D eigenvalue weighted by molar-refractivity contribution is -0.137. The number of hydrogen-bond donors (Lipinski definition) is 2. The molecule has 0 aliphatic rings. The van der Waals surface area contributed by atoms with E-state index >= 15 is 0 Å². The molecule has 2 amide bonds. The standard InChI is InChI=1S/C21H18ClF3N4O4/c1-11-6-18(29(28-11)14-5-3-4-13(9-14)21(23,24)25)27-20(31)12-7-15(22)19(16(8-12)32-2)33-10-17(26)30/h3-9H,10H2,1-2H3,(H2,26,30)(H,27,31). The SMILES string of the molecule is COc1cc(C(=O)Nc2cc(C)nn2-c2cccc(C(F)(F)F)c2)cc(Cl)c1OCC(N)=O. The molecule has 0 aliphatic heterocycles. The Labute approximate surface area is 191 Å². The molecule has 0 saturated carbocycles. The van der Waals surface area contributed by atoms with Gasteiger partial charge in [0.2, 0.25) is 0 Å². The number of methoxy groups -OCH3 is 1. The van der Waals surface area contributed by atoms with Crippen molar-refractivity contribution in [1.82, 2.24) is 9.78 Å². The van der Waals surface area contributed by atoms with Crippen LogP contribution in [0.3, 0.4) is 0 Å². The van der Waals surface area contributed by atoms with E-state index in [1.807, 2.05) is 0 Å². The van der Waals surface area contributed by atoms with Gasteiger partial charge < -0.3 is 20.5 Å². The van der Waals surface area contributed by atoms with E-state index in [4.69, 9.17) is 26.8 Å². The molecule has 2 aromatic carbocycles. The number of nitrogens with two attached hydrogens (primary N) is 1. The van der Waals surface area contributed by atoms with Crippen LogP contribution in [0.4, 0.5) is 19.0 Å². The maximum Gasteiger partial charge on any atom is 0.416 e. The van der Waals surface area contributed by atoms with Crippen molar-refractivity contribution in [3.8, 4) is 17.2 Å². The molecule has 0 fully saturated rings. The van der Waals surface area contributed by atoms with Crippen molar-refractivity contribution in [2.45, 2.75) is 13.1 Å². The molecule has 12 heteroatoms. The Morgan fingerprint density at radius 2 is 1.94 bits per heavy atom. The minimum Gasteiger partial charge on any atom is -0.493 e. The van der Waals surface area contributed by atoms with Crippen LogP contribution < -0.4 is 20.5 Å². The summed E-state index contributed by atoms with van der Waals surface area (Å²) < 4.78 is 50.9. The van der Waals surface area contributed by atoms with Crippen molar-refractivity contribution in [2.24, 2.45) is 5.73 Å². The molecule has 0 spiro atoms. The fourth-order valence-electron chi connectivity index (χ4n) is 2.92. The fraction of sp³-hybridized carbons (Fsp3) is 0.190. The lowest BCUT2D eigenvalue weighted by Crippen LogP contribution is -2.20. The van der Waals surface area contributed by atoms with Crippen molar-refractivity contribution in [1.29, 1.82) is 0 Å². The second-order valence-corrected chi connectivity index (χ2v) is 7.24. The van der Waals surface area contributed by atoms with Crippen LogP contribution in [0.25, 0.3) is 5.69 Å². The van der Waals surface area contributed by atoms with Crippen LogP contribution in [0.1, 0.15) is 21.6 Å². The number of nitrogens with zero attached hydrogens (tertiary/aromatic N) is 2. The second kappa shape index (κ2) is 9.41. The molecule has 174 valence electrons. The number of nitrogens with one attached hydrogen (secondary N) is 1. The molecule has 0 aliphatic carbocycles. The molecule has 1 aromatic heterocycles. The number of ether oxygens (including phenoxy) is 2. The van der Waals surface area contributed by atoms with E-state index in [0.29, 0.717) is 5.69 Å². The second-order valence-electron chi connectivity index (χ2n) is 6.83. The summed E-state index contributed by atoms with van der Waals surface area (Å²) >= 11 is 6.17. The summed E-state index contributed by atoms with van der Waals surface area (Å²) in [5, 5.41) is 6.77. The van der Waals surface area contributed by atoms with Crippen LogP contribution in [-0.2, 0) is 11.0 Å². The van der Waals surface area contributed by atoms with E-state index in [-0.39, 0.29) is 33.6 Å². The third-order valence-electron chi connectivity index (χ3n) is 4.34. The van der Waals surface area contributed by atoms with Gasteiger partial charge in [-0.3, -0.25) is 9.59 Å². The van der Waals surface area contributed by atoms with Crippen LogP contribution >= 0.6 is 11.6 Å². The number of amides is 2. The normalized spacial score (nSPS) is 11.2. The number of aromatic nitrogens is 2. The number of rotatable bonds is 7. The maximum absolute atomic E-state index is 13.1. The third kappa shape index (κ3) is 5.55. The van der Waals surface area contributed by atoms with Crippen LogP contribution in [0, 0.1) is 6.92 Å². The minimum absolute atomic E-state index is 0.0108. The number of carbonyl (C=O) groups is 2. The summed E-state index contributed by atoms with van der Waals surface area (Å²) in [7, 11) is 1.32.